The third-order valence-electron chi connectivity index (χ3n) is 2.37. The molecule has 1 aromatic carbocycles. The van der Waals surface area contributed by atoms with E-state index in [4.69, 9.17) is 0 Å². The molecule has 0 aromatic heterocycles. The van der Waals surface area contributed by atoms with E-state index in [9.17, 15) is 4.79 Å². The van der Waals surface area contributed by atoms with Crippen molar-refractivity contribution in [3.63, 3.8) is 0 Å². The lowest BCUT2D eigenvalue weighted by atomic mass is 10.2. The number of carbonyl (C=O) groups is 1. The molecule has 1 radical (unpaired) electrons. The Morgan fingerprint density at radius 3 is 2.85 bits per heavy atom. The third-order valence-corrected chi connectivity index (χ3v) is 2.37. The van der Waals surface area contributed by atoms with Crippen molar-refractivity contribution in [2.45, 2.75) is 25.3 Å². The van der Waals surface area contributed by atoms with E-state index in [1.54, 1.807) is 12.1 Å². The first-order valence-electron chi connectivity index (χ1n) is 4.49. The maximum absolute atomic E-state index is 11.6. The summed E-state index contributed by atoms with van der Waals surface area (Å²) in [7, 11) is 0. The summed E-state index contributed by atoms with van der Waals surface area (Å²) in [6.45, 7) is 2.06. The lowest BCUT2D eigenvalue weighted by molar-refractivity contribution is 0.0935. The number of hydrogen-bond donors (Lipinski definition) is 1. The molecule has 1 aromatic rings. The fourth-order valence-corrected chi connectivity index (χ4v) is 1.19. The van der Waals surface area contributed by atoms with Crippen LogP contribution in [0.2, 0.25) is 0 Å². The van der Waals surface area contributed by atoms with Gasteiger partial charge < -0.3 is 5.32 Å². The summed E-state index contributed by atoms with van der Waals surface area (Å²) >= 11 is 0. The van der Waals surface area contributed by atoms with Crippen molar-refractivity contribution in [1.29, 1.82) is 0 Å². The fourth-order valence-electron chi connectivity index (χ4n) is 1.19. The van der Waals surface area contributed by atoms with Gasteiger partial charge in [-0.25, -0.2) is 0 Å². The first-order chi connectivity index (χ1) is 6.20. The molecule has 1 aliphatic carbocycles. The van der Waals surface area contributed by atoms with Gasteiger partial charge in [0.05, 0.1) is 0 Å². The van der Waals surface area contributed by atoms with E-state index in [1.165, 1.54) is 0 Å². The van der Waals surface area contributed by atoms with E-state index in [0.29, 0.717) is 5.56 Å². The molecule has 1 fully saturated rings. The Morgan fingerprint density at radius 2 is 2.31 bits per heavy atom. The minimum Gasteiger partial charge on any atom is -0.347 e. The van der Waals surface area contributed by atoms with Crippen LogP contribution in [0.15, 0.2) is 24.3 Å². The van der Waals surface area contributed by atoms with Gasteiger partial charge in [-0.1, -0.05) is 18.2 Å². The standard InChI is InChI=1S/C11H12NO/c1-11(7-8-11)12-10(13)9-5-3-2-4-6-9/h2-5H,7-8H2,1H3,(H,12,13). The third kappa shape index (κ3) is 1.89. The minimum absolute atomic E-state index is 0.0133. The normalized spacial score (nSPS) is 17.9. The Morgan fingerprint density at radius 1 is 1.54 bits per heavy atom. The molecule has 0 saturated heterocycles. The Kier molecular flexibility index (Phi) is 1.83. The summed E-state index contributed by atoms with van der Waals surface area (Å²) in [6.07, 6.45) is 2.18. The number of hydrogen-bond acceptors (Lipinski definition) is 1. The summed E-state index contributed by atoms with van der Waals surface area (Å²) in [6, 6.07) is 10.1. The zero-order valence-corrected chi connectivity index (χ0v) is 7.63. The van der Waals surface area contributed by atoms with Gasteiger partial charge in [0.15, 0.2) is 0 Å². The van der Waals surface area contributed by atoms with Crippen molar-refractivity contribution in [1.82, 2.24) is 5.32 Å². The van der Waals surface area contributed by atoms with E-state index in [1.807, 2.05) is 12.1 Å². The minimum atomic E-state index is -0.0133. The number of rotatable bonds is 2. The molecule has 0 unspecified atom stereocenters. The van der Waals surface area contributed by atoms with Crippen LogP contribution in [0.25, 0.3) is 0 Å². The Balaban J connectivity index is 2.06. The van der Waals surface area contributed by atoms with Gasteiger partial charge in [-0.15, -0.1) is 0 Å². The van der Waals surface area contributed by atoms with Gasteiger partial charge in [0, 0.05) is 11.1 Å². The highest BCUT2D eigenvalue weighted by Gasteiger charge is 2.38. The lowest BCUT2D eigenvalue weighted by Crippen LogP contribution is -2.34. The molecular formula is C11H12NO. The van der Waals surface area contributed by atoms with E-state index < -0.39 is 0 Å². The van der Waals surface area contributed by atoms with E-state index in [0.717, 1.165) is 12.8 Å². The largest absolute Gasteiger partial charge is 0.347 e. The molecule has 1 saturated carbocycles. The van der Waals surface area contributed by atoms with Crippen LogP contribution in [0.4, 0.5) is 0 Å². The van der Waals surface area contributed by atoms with Crippen LogP contribution in [-0.4, -0.2) is 11.4 Å². The molecule has 2 heteroatoms. The quantitative estimate of drug-likeness (QED) is 0.727. The van der Waals surface area contributed by atoms with Gasteiger partial charge in [0.1, 0.15) is 0 Å². The number of amides is 1. The zero-order valence-electron chi connectivity index (χ0n) is 7.63. The molecule has 0 spiro atoms. The Labute approximate surface area is 78.0 Å². The second kappa shape index (κ2) is 2.87. The van der Waals surface area contributed by atoms with Crippen molar-refractivity contribution in [2.24, 2.45) is 0 Å². The van der Waals surface area contributed by atoms with Crippen LogP contribution < -0.4 is 5.32 Å². The number of nitrogens with one attached hydrogen (secondary N) is 1. The maximum atomic E-state index is 11.6. The first-order valence-corrected chi connectivity index (χ1v) is 4.49. The van der Waals surface area contributed by atoms with Crippen molar-refractivity contribution < 1.29 is 4.79 Å². The van der Waals surface area contributed by atoms with Crippen LogP contribution >= 0.6 is 0 Å². The van der Waals surface area contributed by atoms with Crippen LogP contribution in [0.5, 0.6) is 0 Å². The molecule has 67 valence electrons. The first kappa shape index (κ1) is 8.30. The van der Waals surface area contributed by atoms with Crippen LogP contribution in [-0.2, 0) is 0 Å². The average molecular weight is 174 g/mol. The van der Waals surface area contributed by atoms with E-state index >= 15 is 0 Å². The number of carbonyl (C=O) groups excluding carboxylic acids is 1. The molecule has 0 atom stereocenters. The van der Waals surface area contributed by atoms with Gasteiger partial charge in [0.25, 0.3) is 5.91 Å². The van der Waals surface area contributed by atoms with E-state index in [-0.39, 0.29) is 11.4 Å². The van der Waals surface area contributed by atoms with Gasteiger partial charge in [-0.3, -0.25) is 4.79 Å². The predicted octanol–water partition coefficient (Wildman–Crippen LogP) is 1.77. The van der Waals surface area contributed by atoms with E-state index in [2.05, 4.69) is 18.3 Å². The molecule has 1 amide bonds. The summed E-state index contributed by atoms with van der Waals surface area (Å²) in [4.78, 5) is 11.6. The van der Waals surface area contributed by atoms with Gasteiger partial charge >= 0.3 is 0 Å². The SMILES string of the molecule is CC1(NC(=O)c2[c]cccc2)CC1. The molecule has 13 heavy (non-hydrogen) atoms. The second-order valence-electron chi connectivity index (χ2n) is 3.79. The summed E-state index contributed by atoms with van der Waals surface area (Å²) in [5.41, 5.74) is 0.677. The topological polar surface area (TPSA) is 29.1 Å². The summed E-state index contributed by atoms with van der Waals surface area (Å²) in [5, 5.41) is 2.98. The maximum Gasteiger partial charge on any atom is 0.252 e. The number of benzene rings is 1. The second-order valence-corrected chi connectivity index (χ2v) is 3.79. The summed E-state index contributed by atoms with van der Waals surface area (Å²) < 4.78 is 0. The van der Waals surface area contributed by atoms with Gasteiger partial charge in [0.2, 0.25) is 0 Å². The van der Waals surface area contributed by atoms with Crippen molar-refractivity contribution >= 4 is 5.91 Å². The van der Waals surface area contributed by atoms with Crippen molar-refractivity contribution in [2.75, 3.05) is 0 Å². The Hall–Kier alpha value is -1.31. The summed E-state index contributed by atoms with van der Waals surface area (Å²) in [5.74, 6) is -0.0133. The molecule has 1 N–H and O–H groups in total. The highest BCUT2D eigenvalue weighted by Crippen LogP contribution is 2.34. The lowest BCUT2D eigenvalue weighted by Gasteiger charge is -2.10. The van der Waals surface area contributed by atoms with Gasteiger partial charge in [-0.2, -0.15) is 0 Å². The molecular weight excluding hydrogens is 162 g/mol. The molecule has 0 aliphatic heterocycles. The van der Waals surface area contributed by atoms with Crippen molar-refractivity contribution in [3.05, 3.63) is 35.9 Å². The molecule has 2 nitrogen and oxygen atoms in total. The van der Waals surface area contributed by atoms with Gasteiger partial charge in [-0.05, 0) is 31.9 Å². The van der Waals surface area contributed by atoms with Crippen LogP contribution in [0.1, 0.15) is 30.1 Å². The molecule has 1 aliphatic rings. The average Bonchev–Trinajstić information content (AvgIpc) is 2.85. The zero-order chi connectivity index (χ0) is 9.31. The molecule has 0 heterocycles. The van der Waals surface area contributed by atoms with Crippen LogP contribution in [0.3, 0.4) is 0 Å². The van der Waals surface area contributed by atoms with Crippen molar-refractivity contribution in [3.8, 4) is 0 Å². The van der Waals surface area contributed by atoms with Crippen LogP contribution in [0, 0.1) is 6.07 Å². The molecule has 2 rings (SSSR count). The predicted molar refractivity (Wildman–Crippen MR) is 50.4 cm³/mol. The smallest absolute Gasteiger partial charge is 0.252 e. The molecule has 0 bridgehead atoms. The highest BCUT2D eigenvalue weighted by atomic mass is 16.1. The Bertz CT molecular complexity index is 314. The monoisotopic (exact) mass is 174 g/mol. The highest BCUT2D eigenvalue weighted by molar-refractivity contribution is 5.94. The fraction of sp³-hybridized carbons (Fsp3) is 0.364.